The minimum atomic E-state index is -1.07. The Morgan fingerprint density at radius 2 is 1.86 bits per heavy atom. The first-order valence-corrected chi connectivity index (χ1v) is 9.55. The van der Waals surface area contributed by atoms with Gasteiger partial charge >= 0.3 is 5.97 Å². The number of hydrogen-bond acceptors (Lipinski definition) is 9. The van der Waals surface area contributed by atoms with E-state index in [-0.39, 0.29) is 5.69 Å². The lowest BCUT2D eigenvalue weighted by atomic mass is 10.2. The molecule has 4 rings (SSSR count). The van der Waals surface area contributed by atoms with E-state index >= 15 is 0 Å². The molecule has 0 fully saturated rings. The van der Waals surface area contributed by atoms with Gasteiger partial charge in [0.25, 0.3) is 0 Å². The van der Waals surface area contributed by atoms with E-state index in [2.05, 4.69) is 24.9 Å². The highest BCUT2D eigenvalue weighted by Crippen LogP contribution is 2.35. The molecule has 0 unspecified atom stereocenters. The minimum absolute atomic E-state index is 0.0255. The number of carboxylic acids is 1. The Kier molecular flexibility index (Phi) is 5.52. The normalized spacial score (nSPS) is 10.8. The van der Waals surface area contributed by atoms with E-state index in [1.165, 1.54) is 29.9 Å². The maximum Gasteiger partial charge on any atom is 0.354 e. The molecule has 9 nitrogen and oxygen atoms in total. The predicted octanol–water partition coefficient (Wildman–Crippen LogP) is 3.09. The molecule has 0 bridgehead atoms. The third kappa shape index (κ3) is 4.27. The summed E-state index contributed by atoms with van der Waals surface area (Å²) in [6, 6.07) is 4.73. The molecule has 4 heterocycles. The van der Waals surface area contributed by atoms with Gasteiger partial charge in [-0.25, -0.2) is 29.7 Å². The molecule has 4 aromatic heterocycles. The van der Waals surface area contributed by atoms with E-state index in [9.17, 15) is 4.79 Å². The van der Waals surface area contributed by atoms with Crippen LogP contribution in [-0.2, 0) is 0 Å². The van der Waals surface area contributed by atoms with E-state index in [4.69, 9.17) is 14.6 Å². The second-order valence-corrected chi connectivity index (χ2v) is 6.67. The molecule has 0 atom stereocenters. The van der Waals surface area contributed by atoms with Gasteiger partial charge in [-0.2, -0.15) is 0 Å². The van der Waals surface area contributed by atoms with Gasteiger partial charge in [0.05, 0.1) is 24.8 Å². The fourth-order valence-corrected chi connectivity index (χ4v) is 3.45. The average Bonchev–Trinajstić information content (AvgIpc) is 3.19. The van der Waals surface area contributed by atoms with E-state index in [1.54, 1.807) is 24.5 Å². The number of carbonyl (C=O) groups is 1. The van der Waals surface area contributed by atoms with Crippen LogP contribution in [0.1, 0.15) is 16.9 Å². The zero-order chi connectivity index (χ0) is 20.1. The molecule has 0 saturated carbocycles. The second-order valence-electron chi connectivity index (χ2n) is 5.82. The Bertz CT molecular complexity index is 1120. The molecule has 4 aromatic rings. The number of thiophene rings is 1. The number of pyridine rings is 1. The molecule has 0 aliphatic carbocycles. The van der Waals surface area contributed by atoms with Crippen molar-refractivity contribution in [3.63, 3.8) is 0 Å². The monoisotopic (exact) mass is 409 g/mol. The fourth-order valence-electron chi connectivity index (χ4n) is 2.57. The van der Waals surface area contributed by atoms with Crippen molar-refractivity contribution in [2.24, 2.45) is 0 Å². The van der Waals surface area contributed by atoms with Crippen molar-refractivity contribution in [2.75, 3.05) is 13.2 Å². The summed E-state index contributed by atoms with van der Waals surface area (Å²) in [4.78, 5) is 32.5. The molecule has 0 saturated heterocycles. The Labute approximate surface area is 169 Å². The molecule has 10 heteroatoms. The number of hydrogen-bond donors (Lipinski definition) is 1. The Morgan fingerprint density at radius 1 is 1.03 bits per heavy atom. The summed E-state index contributed by atoms with van der Waals surface area (Å²) >= 11 is 1.48. The standard InChI is InChI=1S/C19H15N5O4S/c25-19(26)14-4-3-12(9-22-14)27-7-2-8-28-17-15-13(16-20-5-1-6-21-16)10-29-18(15)24-11-23-17/h1,3-6,9-11H,2,7-8H2,(H,25,26). The van der Waals surface area contributed by atoms with Crippen molar-refractivity contribution >= 4 is 27.5 Å². The number of aromatic nitrogens is 5. The number of nitrogens with zero attached hydrogens (tertiary/aromatic N) is 5. The van der Waals surface area contributed by atoms with Gasteiger partial charge in [0.2, 0.25) is 5.88 Å². The van der Waals surface area contributed by atoms with Crippen molar-refractivity contribution in [1.82, 2.24) is 24.9 Å². The first-order chi connectivity index (χ1) is 14.2. The molecule has 1 N–H and O–H groups in total. The third-order valence-corrected chi connectivity index (χ3v) is 4.78. The van der Waals surface area contributed by atoms with Crippen LogP contribution < -0.4 is 9.47 Å². The zero-order valence-electron chi connectivity index (χ0n) is 15.1. The number of fused-ring (bicyclic) bond motifs is 1. The molecule has 0 spiro atoms. The van der Waals surface area contributed by atoms with Crippen LogP contribution in [-0.4, -0.2) is 49.2 Å². The van der Waals surface area contributed by atoms with Crippen molar-refractivity contribution < 1.29 is 19.4 Å². The number of ether oxygens (including phenoxy) is 2. The predicted molar refractivity (Wildman–Crippen MR) is 105 cm³/mol. The second kappa shape index (κ2) is 8.57. The van der Waals surface area contributed by atoms with Gasteiger partial charge in [0.1, 0.15) is 22.6 Å². The summed E-state index contributed by atoms with van der Waals surface area (Å²) in [6.07, 6.45) is 6.83. The van der Waals surface area contributed by atoms with Crippen molar-refractivity contribution in [1.29, 1.82) is 0 Å². The Hall–Kier alpha value is -3.66. The van der Waals surface area contributed by atoms with E-state index < -0.39 is 5.97 Å². The lowest BCUT2D eigenvalue weighted by Gasteiger charge is -2.08. The smallest absolute Gasteiger partial charge is 0.354 e. The molecule has 29 heavy (non-hydrogen) atoms. The minimum Gasteiger partial charge on any atom is -0.492 e. The first-order valence-electron chi connectivity index (χ1n) is 8.67. The van der Waals surface area contributed by atoms with Crippen LogP contribution in [0.25, 0.3) is 21.6 Å². The summed E-state index contributed by atoms with van der Waals surface area (Å²) in [6.45, 7) is 0.776. The Balaban J connectivity index is 1.37. The quantitative estimate of drug-likeness (QED) is 0.438. The lowest BCUT2D eigenvalue weighted by molar-refractivity contribution is 0.0690. The van der Waals surface area contributed by atoms with Crippen LogP contribution in [0.2, 0.25) is 0 Å². The largest absolute Gasteiger partial charge is 0.492 e. The van der Waals surface area contributed by atoms with Crippen molar-refractivity contribution in [3.05, 3.63) is 54.2 Å². The number of aromatic carboxylic acids is 1. The van der Waals surface area contributed by atoms with E-state index in [0.29, 0.717) is 37.1 Å². The third-order valence-electron chi connectivity index (χ3n) is 3.89. The molecule has 146 valence electrons. The van der Waals surface area contributed by atoms with Gasteiger partial charge in [-0.05, 0) is 18.2 Å². The van der Waals surface area contributed by atoms with Gasteiger partial charge in [-0.3, -0.25) is 0 Å². The fraction of sp³-hybridized carbons (Fsp3) is 0.158. The van der Waals surface area contributed by atoms with Crippen LogP contribution in [0.3, 0.4) is 0 Å². The summed E-state index contributed by atoms with van der Waals surface area (Å²) in [5.74, 6) is 0.501. The summed E-state index contributed by atoms with van der Waals surface area (Å²) in [5.41, 5.74) is 0.810. The van der Waals surface area contributed by atoms with Crippen molar-refractivity contribution in [2.45, 2.75) is 6.42 Å². The SMILES string of the molecule is O=C(O)c1ccc(OCCCOc2ncnc3scc(-c4ncccn4)c23)cn1. The van der Waals surface area contributed by atoms with Gasteiger partial charge in [-0.15, -0.1) is 11.3 Å². The summed E-state index contributed by atoms with van der Waals surface area (Å²) in [5, 5.41) is 11.6. The maximum absolute atomic E-state index is 10.8. The average molecular weight is 409 g/mol. The van der Waals surface area contributed by atoms with Crippen LogP contribution in [0.5, 0.6) is 11.6 Å². The van der Waals surface area contributed by atoms with Crippen LogP contribution in [0.15, 0.2) is 48.5 Å². The highest BCUT2D eigenvalue weighted by Gasteiger charge is 2.15. The summed E-state index contributed by atoms with van der Waals surface area (Å²) in [7, 11) is 0. The summed E-state index contributed by atoms with van der Waals surface area (Å²) < 4.78 is 11.4. The first kappa shape index (κ1) is 18.7. The van der Waals surface area contributed by atoms with Crippen molar-refractivity contribution in [3.8, 4) is 23.0 Å². The topological polar surface area (TPSA) is 120 Å². The molecular formula is C19H15N5O4S. The van der Waals surface area contributed by atoms with Gasteiger partial charge in [0.15, 0.2) is 5.82 Å². The molecule has 0 amide bonds. The van der Waals surface area contributed by atoms with Crippen LogP contribution >= 0.6 is 11.3 Å². The molecule has 0 aliphatic heterocycles. The molecule has 0 aliphatic rings. The maximum atomic E-state index is 10.8. The van der Waals surface area contributed by atoms with Gasteiger partial charge < -0.3 is 14.6 Å². The molecule has 0 aromatic carbocycles. The number of rotatable bonds is 8. The highest BCUT2D eigenvalue weighted by atomic mass is 32.1. The van der Waals surface area contributed by atoms with Crippen LogP contribution in [0.4, 0.5) is 0 Å². The molecular weight excluding hydrogens is 394 g/mol. The van der Waals surface area contributed by atoms with Gasteiger partial charge in [0, 0.05) is 29.8 Å². The zero-order valence-corrected chi connectivity index (χ0v) is 15.9. The van der Waals surface area contributed by atoms with E-state index in [0.717, 1.165) is 15.8 Å². The van der Waals surface area contributed by atoms with E-state index in [1.807, 2.05) is 5.38 Å². The highest BCUT2D eigenvalue weighted by molar-refractivity contribution is 7.17. The van der Waals surface area contributed by atoms with Gasteiger partial charge in [-0.1, -0.05) is 0 Å². The Morgan fingerprint density at radius 3 is 2.62 bits per heavy atom. The number of carboxylic acid groups (broad SMARTS) is 1. The molecule has 0 radical (unpaired) electrons. The lowest BCUT2D eigenvalue weighted by Crippen LogP contribution is -2.07. The van der Waals surface area contributed by atoms with Crippen LogP contribution in [0, 0.1) is 0 Å².